The molecular weight excluding hydrogens is 478 g/mol. The zero-order chi connectivity index (χ0) is 26.0. The van der Waals surface area contributed by atoms with Gasteiger partial charge in [0, 0.05) is 36.0 Å². The number of allylic oxidation sites excluding steroid dienone is 7. The standard InChI is InChI=1S/C32H27NO5/c1-18-13-22(37-31-25-9-6-12-33-11-5-7-20(29(25)33)16-26(18)31)17-23-15-21(14-19(2)36-23)28-30(34)24-8-3-4-10-27(24)38-32(28)35/h3-4,8,10,13-17H,5-7,9,11-12H2,1-2H3. The lowest BCUT2D eigenvalue weighted by atomic mass is 9.86. The number of anilines is 1. The molecule has 0 amide bonds. The molecule has 0 atom stereocenters. The predicted molar refractivity (Wildman–Crippen MR) is 144 cm³/mol. The lowest BCUT2D eigenvalue weighted by Crippen LogP contribution is -2.35. The third kappa shape index (κ3) is 3.63. The number of nitrogens with zero attached hydrogens (tertiary/aromatic N) is 1. The Morgan fingerprint density at radius 2 is 1.71 bits per heavy atom. The van der Waals surface area contributed by atoms with Crippen molar-refractivity contribution in [3.05, 3.63) is 105 Å². The molecule has 6 nitrogen and oxygen atoms in total. The fraction of sp³-hybridized carbons (Fsp3) is 0.250. The molecule has 0 radical (unpaired) electrons. The molecule has 0 aromatic heterocycles. The van der Waals surface area contributed by atoms with Crippen LogP contribution in [0, 0.1) is 0 Å². The first kappa shape index (κ1) is 22.8. The van der Waals surface area contributed by atoms with Gasteiger partial charge < -0.3 is 19.1 Å². The normalized spacial score (nSPS) is 22.7. The maximum absolute atomic E-state index is 13.2. The van der Waals surface area contributed by atoms with Gasteiger partial charge in [0.25, 0.3) is 0 Å². The van der Waals surface area contributed by atoms with Crippen molar-refractivity contribution in [1.82, 2.24) is 0 Å². The summed E-state index contributed by atoms with van der Waals surface area (Å²) in [5.74, 6) is 1.92. The number of benzene rings is 2. The van der Waals surface area contributed by atoms with Gasteiger partial charge in [-0.05, 0) is 92.7 Å². The van der Waals surface area contributed by atoms with Crippen LogP contribution < -0.4 is 14.4 Å². The lowest BCUT2D eigenvalue weighted by molar-refractivity contribution is -0.130. The molecule has 6 heteroatoms. The fourth-order valence-electron chi connectivity index (χ4n) is 6.13. The molecule has 5 aliphatic heterocycles. The van der Waals surface area contributed by atoms with E-state index in [2.05, 4.69) is 17.9 Å². The number of esters is 1. The van der Waals surface area contributed by atoms with Gasteiger partial charge >= 0.3 is 5.97 Å². The average molecular weight is 506 g/mol. The molecule has 0 spiro atoms. The zero-order valence-electron chi connectivity index (χ0n) is 21.4. The summed E-state index contributed by atoms with van der Waals surface area (Å²) in [7, 11) is 0. The van der Waals surface area contributed by atoms with Crippen LogP contribution in [-0.4, -0.2) is 24.8 Å². The highest BCUT2D eigenvalue weighted by atomic mass is 16.5. The number of ketones is 1. The van der Waals surface area contributed by atoms with Crippen LogP contribution in [0.3, 0.4) is 0 Å². The second kappa shape index (κ2) is 8.62. The van der Waals surface area contributed by atoms with Crippen LogP contribution in [0.15, 0.2) is 83.1 Å². The molecule has 5 aliphatic rings. The third-order valence-electron chi connectivity index (χ3n) is 7.75. The lowest BCUT2D eigenvalue weighted by Gasteiger charge is -2.39. The van der Waals surface area contributed by atoms with E-state index in [1.165, 1.54) is 23.2 Å². The van der Waals surface area contributed by atoms with Crippen LogP contribution in [-0.2, 0) is 22.4 Å². The minimum Gasteiger partial charge on any atom is -0.462 e. The van der Waals surface area contributed by atoms with Crippen LogP contribution in [0.4, 0.5) is 5.69 Å². The van der Waals surface area contributed by atoms with Crippen molar-refractivity contribution >= 4 is 23.0 Å². The van der Waals surface area contributed by atoms with E-state index in [4.69, 9.17) is 14.2 Å². The molecular formula is C32H27NO5. The fourth-order valence-corrected chi connectivity index (χ4v) is 6.13. The molecule has 0 bridgehead atoms. The van der Waals surface area contributed by atoms with Gasteiger partial charge in [0.05, 0.1) is 5.56 Å². The van der Waals surface area contributed by atoms with Gasteiger partial charge in [-0.2, -0.15) is 0 Å². The van der Waals surface area contributed by atoms with Gasteiger partial charge in [0.15, 0.2) is 0 Å². The molecule has 0 aliphatic carbocycles. The Morgan fingerprint density at radius 1 is 0.895 bits per heavy atom. The summed E-state index contributed by atoms with van der Waals surface area (Å²) in [5, 5.41) is 0. The number of rotatable bonds is 1. The summed E-state index contributed by atoms with van der Waals surface area (Å²) in [6.45, 7) is 6.11. The highest BCUT2D eigenvalue weighted by Crippen LogP contribution is 2.47. The Morgan fingerprint density at radius 3 is 2.58 bits per heavy atom. The molecule has 5 heterocycles. The number of Topliss-reactive ketones (excluding diaryl/α,β-unsaturated/α-hetero) is 1. The molecule has 0 saturated heterocycles. The number of hydrogen-bond donors (Lipinski definition) is 0. The summed E-state index contributed by atoms with van der Waals surface area (Å²) < 4.78 is 18.0. The first-order chi connectivity index (χ1) is 18.5. The van der Waals surface area contributed by atoms with Crippen LogP contribution in [0.25, 0.3) is 5.57 Å². The monoisotopic (exact) mass is 505 g/mol. The Bertz CT molecular complexity index is 1600. The summed E-state index contributed by atoms with van der Waals surface area (Å²) in [5.41, 5.74) is 7.22. The third-order valence-corrected chi connectivity index (χ3v) is 7.75. The van der Waals surface area contributed by atoms with Crippen molar-refractivity contribution in [1.29, 1.82) is 0 Å². The summed E-state index contributed by atoms with van der Waals surface area (Å²) in [6, 6.07) is 9.09. The number of aryl methyl sites for hydroxylation is 1. The minimum atomic E-state index is -0.662. The highest BCUT2D eigenvalue weighted by Gasteiger charge is 2.34. The molecule has 0 N–H and O–H groups in total. The van der Waals surface area contributed by atoms with Crippen molar-refractivity contribution in [2.75, 3.05) is 18.0 Å². The summed E-state index contributed by atoms with van der Waals surface area (Å²) in [6.07, 6.45) is 11.7. The van der Waals surface area contributed by atoms with Crippen molar-refractivity contribution < 1.29 is 23.8 Å². The Balaban J connectivity index is 1.28. The van der Waals surface area contributed by atoms with E-state index in [0.717, 1.165) is 49.2 Å². The Hall–Kier alpha value is -4.32. The van der Waals surface area contributed by atoms with Gasteiger partial charge in [-0.1, -0.05) is 12.1 Å². The van der Waals surface area contributed by atoms with Gasteiger partial charge in [0.1, 0.15) is 34.3 Å². The van der Waals surface area contributed by atoms with Crippen LogP contribution in [0.2, 0.25) is 0 Å². The zero-order valence-corrected chi connectivity index (χ0v) is 21.4. The molecule has 0 saturated carbocycles. The first-order valence-electron chi connectivity index (χ1n) is 13.2. The van der Waals surface area contributed by atoms with E-state index < -0.39 is 5.97 Å². The second-order valence-electron chi connectivity index (χ2n) is 10.4. The Labute approximate surface area is 221 Å². The summed E-state index contributed by atoms with van der Waals surface area (Å²) >= 11 is 0. The maximum Gasteiger partial charge on any atom is 0.348 e. The molecule has 190 valence electrons. The molecule has 38 heavy (non-hydrogen) atoms. The minimum absolute atomic E-state index is 0.0000259. The quantitative estimate of drug-likeness (QED) is 0.206. The predicted octanol–water partition coefficient (Wildman–Crippen LogP) is 5.98. The molecule has 7 rings (SSSR count). The van der Waals surface area contributed by atoms with Crippen molar-refractivity contribution in [2.45, 2.75) is 39.5 Å². The van der Waals surface area contributed by atoms with Crippen LogP contribution in [0.1, 0.15) is 53.7 Å². The number of ether oxygens (including phenoxy) is 3. The molecule has 0 unspecified atom stereocenters. The Kier molecular flexibility index (Phi) is 5.18. The maximum atomic E-state index is 13.2. The second-order valence-corrected chi connectivity index (χ2v) is 10.4. The summed E-state index contributed by atoms with van der Waals surface area (Å²) in [4.78, 5) is 28.5. The van der Waals surface area contributed by atoms with Crippen LogP contribution >= 0.6 is 0 Å². The molecule has 2 aromatic rings. The number of para-hydroxylation sites is 1. The van der Waals surface area contributed by atoms with Gasteiger partial charge in [-0.3, -0.25) is 4.79 Å². The number of hydrogen-bond acceptors (Lipinski definition) is 6. The van der Waals surface area contributed by atoms with Crippen molar-refractivity contribution in [3.63, 3.8) is 0 Å². The van der Waals surface area contributed by atoms with Gasteiger partial charge in [-0.15, -0.1) is 0 Å². The molecule has 0 fully saturated rings. The number of carbonyl (C=O) groups excluding carboxylic acids is 2. The smallest absolute Gasteiger partial charge is 0.348 e. The largest absolute Gasteiger partial charge is 0.462 e. The van der Waals surface area contributed by atoms with E-state index in [-0.39, 0.29) is 17.1 Å². The van der Waals surface area contributed by atoms with E-state index >= 15 is 0 Å². The molecule has 2 aromatic carbocycles. The topological polar surface area (TPSA) is 65.1 Å². The number of carbonyl (C=O) groups is 2. The van der Waals surface area contributed by atoms with E-state index in [0.29, 0.717) is 28.4 Å². The van der Waals surface area contributed by atoms with E-state index in [1.54, 1.807) is 43.3 Å². The highest BCUT2D eigenvalue weighted by molar-refractivity contribution is 6.28. The van der Waals surface area contributed by atoms with Crippen molar-refractivity contribution in [2.24, 2.45) is 0 Å². The van der Waals surface area contributed by atoms with Gasteiger partial charge in [-0.25, -0.2) is 4.79 Å². The average Bonchev–Trinajstić information content (AvgIpc) is 2.89. The van der Waals surface area contributed by atoms with E-state index in [1.807, 2.05) is 12.2 Å². The van der Waals surface area contributed by atoms with Crippen molar-refractivity contribution in [3.8, 4) is 11.5 Å². The van der Waals surface area contributed by atoms with E-state index in [9.17, 15) is 9.59 Å². The van der Waals surface area contributed by atoms with Gasteiger partial charge in [0.2, 0.25) is 5.78 Å². The number of fused-ring (bicyclic) bond motifs is 3. The van der Waals surface area contributed by atoms with Crippen LogP contribution in [0.5, 0.6) is 11.5 Å². The first-order valence-corrected chi connectivity index (χ1v) is 13.2. The SMILES string of the molecule is CC1=CC(=C2C(=O)Oc3ccccc3C2=O)C=C(C=C2C=C(C)c3cc4c5c(c3O2)CCCN5CCC4)O1.